The SMILES string of the molecule is C#CCN1C(=O)[C@@]2(C(C#N)=C(N)N(c3cccc(C)c3)C3=C2C(=O)CCC3)c2ccccc21. The molecule has 1 aliphatic carbocycles. The summed E-state index contributed by atoms with van der Waals surface area (Å²) in [6.07, 6.45) is 7.11. The molecule has 33 heavy (non-hydrogen) atoms. The van der Waals surface area contributed by atoms with E-state index in [1.807, 2.05) is 37.3 Å². The summed E-state index contributed by atoms with van der Waals surface area (Å²) in [5.74, 6) is 2.17. The molecule has 0 unspecified atom stereocenters. The molecule has 6 nitrogen and oxygen atoms in total. The van der Waals surface area contributed by atoms with Crippen molar-refractivity contribution in [3.63, 3.8) is 0 Å². The first-order valence-corrected chi connectivity index (χ1v) is 10.9. The predicted molar refractivity (Wildman–Crippen MR) is 126 cm³/mol. The number of aryl methyl sites for hydroxylation is 1. The number of carbonyl (C=O) groups excluding carboxylic acids is 2. The normalized spacial score (nSPS) is 21.8. The lowest BCUT2D eigenvalue weighted by Crippen LogP contribution is -2.52. The second-order valence-electron chi connectivity index (χ2n) is 8.51. The summed E-state index contributed by atoms with van der Waals surface area (Å²) in [7, 11) is 0. The summed E-state index contributed by atoms with van der Waals surface area (Å²) in [6.45, 7) is 2.00. The highest BCUT2D eigenvalue weighted by Crippen LogP contribution is 2.56. The number of nitrogens with zero attached hydrogens (tertiary/aromatic N) is 3. The third-order valence-corrected chi connectivity index (χ3v) is 6.69. The van der Waals surface area contributed by atoms with Gasteiger partial charge in [-0.15, -0.1) is 6.42 Å². The zero-order valence-corrected chi connectivity index (χ0v) is 18.3. The molecule has 6 heteroatoms. The Balaban J connectivity index is 1.89. The van der Waals surface area contributed by atoms with E-state index < -0.39 is 11.3 Å². The standard InChI is InChI=1S/C27H22N4O2/c1-3-14-30-21-11-5-4-10-19(21)27(26(30)33)20(16-28)25(29)31(18-9-6-8-17(2)15-18)22-12-7-13-23(32)24(22)27/h1,4-6,8-11,15H,7,12-14,29H2,2H3/t27-/m1/s1. The van der Waals surface area contributed by atoms with E-state index in [4.69, 9.17) is 12.2 Å². The van der Waals surface area contributed by atoms with E-state index in [-0.39, 0.29) is 23.7 Å². The van der Waals surface area contributed by atoms with Gasteiger partial charge in [-0.05, 0) is 43.5 Å². The second-order valence-corrected chi connectivity index (χ2v) is 8.51. The first-order valence-electron chi connectivity index (χ1n) is 10.9. The Morgan fingerprint density at radius 2 is 1.94 bits per heavy atom. The van der Waals surface area contributed by atoms with Crippen molar-refractivity contribution in [2.45, 2.75) is 31.6 Å². The highest BCUT2D eigenvalue weighted by atomic mass is 16.2. The molecule has 1 spiro atoms. The van der Waals surface area contributed by atoms with Crippen LogP contribution in [0.25, 0.3) is 0 Å². The van der Waals surface area contributed by atoms with Gasteiger partial charge in [0.15, 0.2) is 5.78 Å². The van der Waals surface area contributed by atoms with Crippen molar-refractivity contribution in [3.8, 4) is 18.4 Å². The van der Waals surface area contributed by atoms with Crippen LogP contribution >= 0.6 is 0 Å². The van der Waals surface area contributed by atoms with Gasteiger partial charge in [-0.1, -0.05) is 36.3 Å². The highest BCUT2D eigenvalue weighted by molar-refractivity contribution is 6.20. The van der Waals surface area contributed by atoms with Crippen LogP contribution in [-0.4, -0.2) is 18.2 Å². The number of benzene rings is 2. The topological polar surface area (TPSA) is 90.4 Å². The summed E-state index contributed by atoms with van der Waals surface area (Å²) in [5.41, 5.74) is 9.16. The third-order valence-electron chi connectivity index (χ3n) is 6.69. The number of hydrogen-bond acceptors (Lipinski definition) is 5. The molecule has 0 fully saturated rings. The molecule has 0 aromatic heterocycles. The second kappa shape index (κ2) is 7.39. The molecule has 5 rings (SSSR count). The number of nitriles is 1. The van der Waals surface area contributed by atoms with Gasteiger partial charge in [-0.25, -0.2) is 0 Å². The lowest BCUT2D eigenvalue weighted by atomic mass is 9.64. The zero-order valence-electron chi connectivity index (χ0n) is 18.3. The van der Waals surface area contributed by atoms with Crippen LogP contribution in [0.1, 0.15) is 30.4 Å². The number of terminal acetylenes is 1. The first-order chi connectivity index (χ1) is 16.0. The Labute approximate surface area is 192 Å². The minimum atomic E-state index is -1.58. The quantitative estimate of drug-likeness (QED) is 0.732. The van der Waals surface area contributed by atoms with Crippen LogP contribution < -0.4 is 15.5 Å². The number of para-hydroxylation sites is 1. The number of Topliss-reactive ketones (excluding diaryl/α,β-unsaturated/α-hetero) is 1. The maximum Gasteiger partial charge on any atom is 0.248 e. The van der Waals surface area contributed by atoms with Crippen LogP contribution in [0.15, 0.2) is 71.2 Å². The molecule has 0 bridgehead atoms. The van der Waals surface area contributed by atoms with Gasteiger partial charge in [0, 0.05) is 34.6 Å². The van der Waals surface area contributed by atoms with E-state index >= 15 is 0 Å². The number of amides is 1. The van der Waals surface area contributed by atoms with E-state index in [0.29, 0.717) is 41.8 Å². The van der Waals surface area contributed by atoms with E-state index in [1.165, 1.54) is 4.90 Å². The Kier molecular flexibility index (Phi) is 4.62. The molecular weight excluding hydrogens is 412 g/mol. The number of allylic oxidation sites excluding steroid dienone is 1. The monoisotopic (exact) mass is 434 g/mol. The average Bonchev–Trinajstić information content (AvgIpc) is 3.04. The Morgan fingerprint density at radius 3 is 2.67 bits per heavy atom. The maximum absolute atomic E-state index is 14.1. The van der Waals surface area contributed by atoms with E-state index in [1.54, 1.807) is 23.1 Å². The van der Waals surface area contributed by atoms with Crippen LogP contribution in [0, 0.1) is 30.6 Å². The number of carbonyl (C=O) groups is 2. The van der Waals surface area contributed by atoms with Crippen molar-refractivity contribution < 1.29 is 9.59 Å². The Morgan fingerprint density at radius 1 is 1.15 bits per heavy atom. The van der Waals surface area contributed by atoms with Gasteiger partial charge in [0.1, 0.15) is 17.3 Å². The van der Waals surface area contributed by atoms with E-state index in [9.17, 15) is 14.9 Å². The minimum absolute atomic E-state index is 0.0363. The highest BCUT2D eigenvalue weighted by Gasteiger charge is 2.62. The Bertz CT molecular complexity index is 1370. The van der Waals surface area contributed by atoms with Gasteiger partial charge in [0.05, 0.1) is 12.1 Å². The molecule has 2 heterocycles. The molecule has 1 atom stereocenters. The number of fused-ring (bicyclic) bond motifs is 3. The molecule has 3 aliphatic rings. The third kappa shape index (κ3) is 2.61. The zero-order chi connectivity index (χ0) is 23.3. The smallest absolute Gasteiger partial charge is 0.248 e. The fraction of sp³-hybridized carbons (Fsp3) is 0.222. The molecule has 2 aliphatic heterocycles. The van der Waals surface area contributed by atoms with Gasteiger partial charge in [-0.2, -0.15) is 5.26 Å². The largest absolute Gasteiger partial charge is 0.384 e. The molecule has 2 aromatic rings. The van der Waals surface area contributed by atoms with Gasteiger partial charge < -0.3 is 5.73 Å². The summed E-state index contributed by atoms with van der Waals surface area (Å²) >= 11 is 0. The number of nitrogens with two attached hydrogens (primary N) is 1. The molecule has 0 radical (unpaired) electrons. The summed E-state index contributed by atoms with van der Waals surface area (Å²) < 4.78 is 0. The minimum Gasteiger partial charge on any atom is -0.384 e. The molecule has 1 amide bonds. The number of hydrogen-bond donors (Lipinski definition) is 1. The van der Waals surface area contributed by atoms with Crippen LogP contribution in [0.5, 0.6) is 0 Å². The maximum atomic E-state index is 14.1. The van der Waals surface area contributed by atoms with Gasteiger partial charge in [0.25, 0.3) is 0 Å². The average molecular weight is 434 g/mol. The van der Waals surface area contributed by atoms with Crippen molar-refractivity contribution in [2.24, 2.45) is 5.73 Å². The Hall–Kier alpha value is -4.29. The van der Waals surface area contributed by atoms with E-state index in [0.717, 1.165) is 11.3 Å². The van der Waals surface area contributed by atoms with E-state index in [2.05, 4.69) is 12.0 Å². The number of anilines is 2. The lowest BCUT2D eigenvalue weighted by Gasteiger charge is -2.43. The van der Waals surface area contributed by atoms with Crippen LogP contribution in [0.3, 0.4) is 0 Å². The molecule has 162 valence electrons. The van der Waals surface area contributed by atoms with Crippen LogP contribution in [0.4, 0.5) is 11.4 Å². The molecule has 0 saturated heterocycles. The van der Waals surface area contributed by atoms with Crippen molar-refractivity contribution in [2.75, 3.05) is 16.3 Å². The number of ketones is 1. The fourth-order valence-corrected chi connectivity index (χ4v) is 5.44. The van der Waals surface area contributed by atoms with Crippen LogP contribution in [-0.2, 0) is 15.0 Å². The first kappa shape index (κ1) is 20.6. The molecular formula is C27H22N4O2. The summed E-state index contributed by atoms with van der Waals surface area (Å²) in [6, 6.07) is 17.2. The van der Waals surface area contributed by atoms with Crippen molar-refractivity contribution in [1.82, 2.24) is 0 Å². The molecule has 2 aromatic carbocycles. The van der Waals surface area contributed by atoms with Crippen molar-refractivity contribution >= 4 is 23.1 Å². The predicted octanol–water partition coefficient (Wildman–Crippen LogP) is 3.43. The van der Waals surface area contributed by atoms with Crippen LogP contribution in [0.2, 0.25) is 0 Å². The van der Waals surface area contributed by atoms with Crippen molar-refractivity contribution in [3.05, 3.63) is 82.3 Å². The van der Waals surface area contributed by atoms with Gasteiger partial charge in [-0.3, -0.25) is 19.4 Å². The number of rotatable bonds is 2. The lowest BCUT2D eigenvalue weighted by molar-refractivity contribution is -0.124. The van der Waals surface area contributed by atoms with Gasteiger partial charge >= 0.3 is 0 Å². The molecule has 0 saturated carbocycles. The van der Waals surface area contributed by atoms with Crippen molar-refractivity contribution in [1.29, 1.82) is 5.26 Å². The summed E-state index contributed by atoms with van der Waals surface area (Å²) in [5, 5.41) is 10.4. The molecule has 2 N–H and O–H groups in total. The summed E-state index contributed by atoms with van der Waals surface area (Å²) in [4.78, 5) is 30.9. The fourth-order valence-electron chi connectivity index (χ4n) is 5.44. The van der Waals surface area contributed by atoms with Gasteiger partial charge in [0.2, 0.25) is 5.91 Å².